The summed E-state index contributed by atoms with van der Waals surface area (Å²) in [5.41, 5.74) is 2.71. The number of hydrogen-bond donors (Lipinski definition) is 1. The Bertz CT molecular complexity index is 1030. The van der Waals surface area contributed by atoms with Gasteiger partial charge in [-0.2, -0.15) is 0 Å². The molecule has 3 aromatic heterocycles. The van der Waals surface area contributed by atoms with Crippen LogP contribution >= 0.6 is 12.4 Å². The molecule has 1 aliphatic heterocycles. The Morgan fingerprint density at radius 2 is 2.07 bits per heavy atom. The summed E-state index contributed by atoms with van der Waals surface area (Å²) < 4.78 is 9.39. The lowest BCUT2D eigenvalue weighted by molar-refractivity contribution is 0.337. The molecule has 5 rings (SSSR count). The molecule has 28 heavy (non-hydrogen) atoms. The van der Waals surface area contributed by atoms with Gasteiger partial charge in [0.1, 0.15) is 5.69 Å². The third kappa shape index (κ3) is 3.44. The minimum Gasteiger partial charge on any atom is -0.444 e. The predicted molar refractivity (Wildman–Crippen MR) is 106 cm³/mol. The summed E-state index contributed by atoms with van der Waals surface area (Å²) in [6, 6.07) is 8.45. The maximum atomic E-state index is 5.41. The zero-order valence-corrected chi connectivity index (χ0v) is 15.9. The molecule has 0 atom stereocenters. The molecular formula is C19H20ClN7O. The van der Waals surface area contributed by atoms with Crippen molar-refractivity contribution in [1.29, 1.82) is 0 Å². The van der Waals surface area contributed by atoms with Crippen molar-refractivity contribution >= 4 is 12.4 Å². The number of oxazole rings is 1. The number of nitrogens with one attached hydrogen (secondary N) is 1. The van der Waals surface area contributed by atoms with E-state index >= 15 is 0 Å². The second-order valence-electron chi connectivity index (χ2n) is 6.60. The first kappa shape index (κ1) is 18.4. The topological polar surface area (TPSA) is 86.6 Å². The van der Waals surface area contributed by atoms with E-state index in [9.17, 15) is 0 Å². The van der Waals surface area contributed by atoms with Gasteiger partial charge in [0.15, 0.2) is 18.0 Å². The van der Waals surface area contributed by atoms with Crippen LogP contribution < -0.4 is 5.32 Å². The number of rotatable bonds is 4. The Kier molecular flexibility index (Phi) is 5.23. The van der Waals surface area contributed by atoms with Crippen molar-refractivity contribution in [2.75, 3.05) is 13.1 Å². The van der Waals surface area contributed by atoms with E-state index in [0.29, 0.717) is 6.04 Å². The lowest BCUT2D eigenvalue weighted by Gasteiger charge is -2.22. The van der Waals surface area contributed by atoms with E-state index in [0.717, 1.165) is 54.5 Å². The SMILES string of the molecule is Cl.c1cc(-c2cnco2)cc(-n2ccnc2-c2cn(C3CCNCC3)nn2)c1. The number of nitrogens with zero attached hydrogens (tertiary/aromatic N) is 6. The average molecular weight is 398 g/mol. The quantitative estimate of drug-likeness (QED) is 0.569. The summed E-state index contributed by atoms with van der Waals surface area (Å²) >= 11 is 0. The second kappa shape index (κ2) is 7.95. The number of benzene rings is 1. The van der Waals surface area contributed by atoms with Crippen LogP contribution in [0.5, 0.6) is 0 Å². The predicted octanol–water partition coefficient (Wildman–Crippen LogP) is 3.13. The lowest BCUT2D eigenvalue weighted by atomic mass is 10.1. The van der Waals surface area contributed by atoms with Crippen LogP contribution in [0.1, 0.15) is 18.9 Å². The highest BCUT2D eigenvalue weighted by molar-refractivity contribution is 5.85. The van der Waals surface area contributed by atoms with E-state index in [4.69, 9.17) is 4.42 Å². The van der Waals surface area contributed by atoms with Crippen LogP contribution in [0.4, 0.5) is 0 Å². The fraction of sp³-hybridized carbons (Fsp3) is 0.263. The number of imidazole rings is 1. The maximum absolute atomic E-state index is 5.41. The van der Waals surface area contributed by atoms with Gasteiger partial charge in [0.2, 0.25) is 0 Å². The number of piperidine rings is 1. The van der Waals surface area contributed by atoms with E-state index in [2.05, 4.69) is 25.6 Å². The monoisotopic (exact) mass is 397 g/mol. The summed E-state index contributed by atoms with van der Waals surface area (Å²) in [5, 5.41) is 12.1. The zero-order chi connectivity index (χ0) is 18.1. The van der Waals surface area contributed by atoms with Crippen LogP contribution in [-0.2, 0) is 0 Å². The Labute approximate surface area is 168 Å². The molecule has 1 aliphatic rings. The molecular weight excluding hydrogens is 378 g/mol. The van der Waals surface area contributed by atoms with E-state index in [1.54, 1.807) is 12.4 Å². The van der Waals surface area contributed by atoms with Gasteiger partial charge in [-0.15, -0.1) is 17.5 Å². The van der Waals surface area contributed by atoms with Gasteiger partial charge in [0, 0.05) is 23.6 Å². The Morgan fingerprint density at radius 1 is 1.18 bits per heavy atom. The van der Waals surface area contributed by atoms with Crippen molar-refractivity contribution < 1.29 is 4.42 Å². The molecule has 0 aliphatic carbocycles. The molecule has 9 heteroatoms. The first-order valence-corrected chi connectivity index (χ1v) is 9.04. The van der Waals surface area contributed by atoms with Gasteiger partial charge in [-0.1, -0.05) is 17.3 Å². The fourth-order valence-electron chi connectivity index (χ4n) is 3.50. The molecule has 0 spiro atoms. The molecule has 144 valence electrons. The second-order valence-corrected chi connectivity index (χ2v) is 6.60. The normalized spacial score (nSPS) is 14.7. The van der Waals surface area contributed by atoms with Gasteiger partial charge in [0.25, 0.3) is 0 Å². The minimum atomic E-state index is 0. The molecule has 8 nitrogen and oxygen atoms in total. The highest BCUT2D eigenvalue weighted by atomic mass is 35.5. The summed E-state index contributed by atoms with van der Waals surface area (Å²) in [6.45, 7) is 2.03. The highest BCUT2D eigenvalue weighted by Crippen LogP contribution is 2.26. The third-order valence-corrected chi connectivity index (χ3v) is 4.90. The molecule has 0 saturated carbocycles. The van der Waals surface area contributed by atoms with Gasteiger partial charge in [-0.25, -0.2) is 14.6 Å². The van der Waals surface area contributed by atoms with Crippen molar-refractivity contribution in [3.63, 3.8) is 0 Å². The molecule has 0 bridgehead atoms. The van der Waals surface area contributed by atoms with E-state index in [-0.39, 0.29) is 12.4 Å². The van der Waals surface area contributed by atoms with Gasteiger partial charge in [0.05, 0.1) is 18.4 Å². The summed E-state index contributed by atoms with van der Waals surface area (Å²) in [7, 11) is 0. The molecule has 0 unspecified atom stereocenters. The van der Waals surface area contributed by atoms with Crippen LogP contribution in [-0.4, -0.2) is 42.6 Å². The van der Waals surface area contributed by atoms with E-state index in [1.165, 1.54) is 6.39 Å². The Balaban J connectivity index is 0.00000192. The molecule has 4 heterocycles. The molecule has 0 radical (unpaired) electrons. The number of hydrogen-bond acceptors (Lipinski definition) is 6. The van der Waals surface area contributed by atoms with Gasteiger partial charge in [-0.05, 0) is 38.1 Å². The molecule has 1 saturated heterocycles. The number of halogens is 1. The van der Waals surface area contributed by atoms with Crippen molar-refractivity contribution in [1.82, 2.24) is 34.8 Å². The summed E-state index contributed by atoms with van der Waals surface area (Å²) in [4.78, 5) is 8.50. The van der Waals surface area contributed by atoms with Crippen LogP contribution in [0, 0.1) is 0 Å². The van der Waals surface area contributed by atoms with E-state index in [1.807, 2.05) is 45.9 Å². The Morgan fingerprint density at radius 3 is 2.89 bits per heavy atom. The van der Waals surface area contributed by atoms with Crippen LogP contribution in [0.15, 0.2) is 59.9 Å². The van der Waals surface area contributed by atoms with Gasteiger partial charge < -0.3 is 9.73 Å². The first-order chi connectivity index (χ1) is 13.4. The van der Waals surface area contributed by atoms with E-state index < -0.39 is 0 Å². The lowest BCUT2D eigenvalue weighted by Crippen LogP contribution is -2.29. The molecule has 1 fully saturated rings. The van der Waals surface area contributed by atoms with Crippen molar-refractivity contribution in [3.05, 3.63) is 55.4 Å². The van der Waals surface area contributed by atoms with Crippen LogP contribution in [0.25, 0.3) is 28.5 Å². The molecule has 4 aromatic rings. The average Bonchev–Trinajstić information content (AvgIpc) is 3.50. The minimum absolute atomic E-state index is 0. The van der Waals surface area contributed by atoms with Crippen molar-refractivity contribution in [3.8, 4) is 28.5 Å². The third-order valence-electron chi connectivity index (χ3n) is 4.90. The van der Waals surface area contributed by atoms with Crippen LogP contribution in [0.3, 0.4) is 0 Å². The smallest absolute Gasteiger partial charge is 0.181 e. The first-order valence-electron chi connectivity index (χ1n) is 9.04. The molecule has 0 amide bonds. The Hall–Kier alpha value is -2.97. The highest BCUT2D eigenvalue weighted by Gasteiger charge is 2.19. The van der Waals surface area contributed by atoms with Gasteiger partial charge in [-0.3, -0.25) is 4.57 Å². The fourth-order valence-corrected chi connectivity index (χ4v) is 3.50. The maximum Gasteiger partial charge on any atom is 0.181 e. The largest absolute Gasteiger partial charge is 0.444 e. The molecule has 1 aromatic carbocycles. The summed E-state index contributed by atoms with van der Waals surface area (Å²) in [6.07, 6.45) is 11.0. The standard InChI is InChI=1S/C19H19N7O.ClH/c1-2-14(18-11-21-13-27-18)10-16(3-1)25-9-8-22-19(25)17-12-26(24-23-17)15-4-6-20-7-5-15;/h1-3,8-13,15,20H,4-7H2;1H. The zero-order valence-electron chi connectivity index (χ0n) is 15.1. The van der Waals surface area contributed by atoms with Gasteiger partial charge >= 0.3 is 0 Å². The van der Waals surface area contributed by atoms with Crippen molar-refractivity contribution in [2.24, 2.45) is 0 Å². The summed E-state index contributed by atoms with van der Waals surface area (Å²) in [5.74, 6) is 1.50. The van der Waals surface area contributed by atoms with Crippen LogP contribution in [0.2, 0.25) is 0 Å². The molecule has 1 N–H and O–H groups in total. The number of aromatic nitrogens is 6. The van der Waals surface area contributed by atoms with Crippen molar-refractivity contribution in [2.45, 2.75) is 18.9 Å².